The van der Waals surface area contributed by atoms with Crippen LogP contribution in [0.5, 0.6) is 0 Å². The lowest BCUT2D eigenvalue weighted by atomic mass is 10.0. The second-order valence-electron chi connectivity index (χ2n) is 4.88. The van der Waals surface area contributed by atoms with Crippen molar-refractivity contribution in [3.05, 3.63) is 27.6 Å². The number of aromatic nitrogens is 1. The molecule has 112 valence electrons. The van der Waals surface area contributed by atoms with Gasteiger partial charge in [-0.3, -0.25) is 4.79 Å². The standard InChI is InChI=1S/C12H17ClN2O4S/c1-15(7-9-3-2-4-19-8-9)20(17,18)10-5-11(13)12(16)14-6-10/h5-6,9H,2-4,7-8H2,1H3,(H,14,16). The number of H-pyrrole nitrogens is 1. The fourth-order valence-corrected chi connectivity index (χ4v) is 3.66. The van der Waals surface area contributed by atoms with E-state index in [1.54, 1.807) is 0 Å². The molecule has 0 radical (unpaired) electrons. The Hall–Kier alpha value is -0.890. The molecule has 1 aliphatic rings. The molecule has 0 spiro atoms. The van der Waals surface area contributed by atoms with Crippen molar-refractivity contribution < 1.29 is 13.2 Å². The Labute approximate surface area is 122 Å². The van der Waals surface area contributed by atoms with Crippen LogP contribution in [0.3, 0.4) is 0 Å². The Morgan fingerprint density at radius 1 is 1.55 bits per heavy atom. The first-order valence-electron chi connectivity index (χ1n) is 6.33. The van der Waals surface area contributed by atoms with Crippen molar-refractivity contribution in [3.63, 3.8) is 0 Å². The van der Waals surface area contributed by atoms with Crippen LogP contribution in [0.15, 0.2) is 22.0 Å². The van der Waals surface area contributed by atoms with Crippen LogP contribution in [0.1, 0.15) is 12.8 Å². The minimum atomic E-state index is -3.65. The molecule has 0 saturated carbocycles. The molecule has 6 nitrogen and oxygen atoms in total. The fourth-order valence-electron chi connectivity index (χ4n) is 2.18. The van der Waals surface area contributed by atoms with Crippen LogP contribution in [0.25, 0.3) is 0 Å². The van der Waals surface area contributed by atoms with E-state index in [2.05, 4.69) is 4.98 Å². The summed E-state index contributed by atoms with van der Waals surface area (Å²) < 4.78 is 31.4. The predicted molar refractivity (Wildman–Crippen MR) is 75.4 cm³/mol. The van der Waals surface area contributed by atoms with Crippen molar-refractivity contribution in [2.24, 2.45) is 5.92 Å². The summed E-state index contributed by atoms with van der Waals surface area (Å²) >= 11 is 5.67. The van der Waals surface area contributed by atoms with Gasteiger partial charge in [0.25, 0.3) is 5.56 Å². The summed E-state index contributed by atoms with van der Waals surface area (Å²) in [6, 6.07) is 1.17. The Morgan fingerprint density at radius 2 is 2.30 bits per heavy atom. The molecule has 0 aliphatic carbocycles. The number of ether oxygens (including phenoxy) is 1. The van der Waals surface area contributed by atoms with Gasteiger partial charge in [0.1, 0.15) is 5.02 Å². The van der Waals surface area contributed by atoms with Crippen molar-refractivity contribution in [1.82, 2.24) is 9.29 Å². The third-order valence-corrected chi connectivity index (χ3v) is 5.39. The third-order valence-electron chi connectivity index (χ3n) is 3.31. The van der Waals surface area contributed by atoms with Crippen molar-refractivity contribution in [2.45, 2.75) is 17.7 Å². The zero-order chi connectivity index (χ0) is 14.8. The first-order chi connectivity index (χ1) is 9.41. The molecule has 1 aromatic heterocycles. The highest BCUT2D eigenvalue weighted by Gasteiger charge is 2.25. The number of aromatic amines is 1. The van der Waals surface area contributed by atoms with Gasteiger partial charge in [0, 0.05) is 26.4 Å². The molecule has 1 fully saturated rings. The van der Waals surface area contributed by atoms with E-state index >= 15 is 0 Å². The zero-order valence-corrected chi connectivity index (χ0v) is 12.7. The van der Waals surface area contributed by atoms with E-state index in [-0.39, 0.29) is 15.8 Å². The van der Waals surface area contributed by atoms with Crippen LogP contribution in [-0.2, 0) is 14.8 Å². The van der Waals surface area contributed by atoms with E-state index in [0.29, 0.717) is 13.2 Å². The summed E-state index contributed by atoms with van der Waals surface area (Å²) in [5.74, 6) is 0.196. The average molecular weight is 321 g/mol. The van der Waals surface area contributed by atoms with Crippen molar-refractivity contribution in [1.29, 1.82) is 0 Å². The molecule has 1 N–H and O–H groups in total. The first-order valence-corrected chi connectivity index (χ1v) is 8.15. The Morgan fingerprint density at radius 3 is 2.90 bits per heavy atom. The lowest BCUT2D eigenvalue weighted by Crippen LogP contribution is -2.35. The van der Waals surface area contributed by atoms with Gasteiger partial charge in [-0.05, 0) is 24.8 Å². The van der Waals surface area contributed by atoms with Crippen LogP contribution >= 0.6 is 11.6 Å². The van der Waals surface area contributed by atoms with E-state index in [0.717, 1.165) is 25.6 Å². The molecule has 2 heterocycles. The molecule has 1 aromatic rings. The van der Waals surface area contributed by atoms with Gasteiger partial charge >= 0.3 is 0 Å². The van der Waals surface area contributed by atoms with Crippen LogP contribution in [0.2, 0.25) is 5.02 Å². The number of pyridine rings is 1. The monoisotopic (exact) mass is 320 g/mol. The fraction of sp³-hybridized carbons (Fsp3) is 0.583. The third kappa shape index (κ3) is 3.41. The highest BCUT2D eigenvalue weighted by Crippen LogP contribution is 2.20. The van der Waals surface area contributed by atoms with Crippen LogP contribution in [0, 0.1) is 5.92 Å². The van der Waals surface area contributed by atoms with E-state index in [4.69, 9.17) is 16.3 Å². The van der Waals surface area contributed by atoms with Crippen molar-refractivity contribution in [2.75, 3.05) is 26.8 Å². The molecule has 0 amide bonds. The minimum absolute atomic E-state index is 0.0127. The first kappa shape index (κ1) is 15.5. The molecule has 1 atom stereocenters. The Kier molecular flexibility index (Phi) is 4.85. The molecule has 1 unspecified atom stereocenters. The molecule has 0 aromatic carbocycles. The number of halogens is 1. The summed E-state index contributed by atoms with van der Waals surface area (Å²) in [5, 5.41) is -0.138. The van der Waals surface area contributed by atoms with Crippen LogP contribution in [-0.4, -0.2) is 44.5 Å². The van der Waals surface area contributed by atoms with E-state index in [9.17, 15) is 13.2 Å². The van der Waals surface area contributed by atoms with Gasteiger partial charge in [-0.2, -0.15) is 0 Å². The molecule has 0 bridgehead atoms. The number of nitrogens with one attached hydrogen (secondary N) is 1. The molecular weight excluding hydrogens is 304 g/mol. The molecule has 20 heavy (non-hydrogen) atoms. The minimum Gasteiger partial charge on any atom is -0.381 e. The van der Waals surface area contributed by atoms with E-state index < -0.39 is 15.6 Å². The normalized spacial score (nSPS) is 20.2. The van der Waals surface area contributed by atoms with Gasteiger partial charge in [-0.15, -0.1) is 0 Å². The number of rotatable bonds is 4. The summed E-state index contributed by atoms with van der Waals surface area (Å²) in [4.78, 5) is 13.5. The Balaban J connectivity index is 2.15. The van der Waals surface area contributed by atoms with Gasteiger partial charge in [-0.1, -0.05) is 11.6 Å². The summed E-state index contributed by atoms with van der Waals surface area (Å²) in [6.45, 7) is 1.70. The SMILES string of the molecule is CN(CC1CCCOC1)S(=O)(=O)c1c[nH]c(=O)c(Cl)c1. The second kappa shape index (κ2) is 6.26. The van der Waals surface area contributed by atoms with Gasteiger partial charge in [0.15, 0.2) is 0 Å². The average Bonchev–Trinajstić information content (AvgIpc) is 2.42. The van der Waals surface area contributed by atoms with E-state index in [1.807, 2.05) is 0 Å². The maximum absolute atomic E-state index is 12.4. The number of sulfonamides is 1. The van der Waals surface area contributed by atoms with Crippen molar-refractivity contribution >= 4 is 21.6 Å². The zero-order valence-electron chi connectivity index (χ0n) is 11.1. The molecule has 1 aliphatic heterocycles. The van der Waals surface area contributed by atoms with Gasteiger partial charge in [-0.25, -0.2) is 12.7 Å². The molecule has 1 saturated heterocycles. The Bertz CT molecular complexity index is 623. The maximum atomic E-state index is 12.4. The largest absolute Gasteiger partial charge is 0.381 e. The topological polar surface area (TPSA) is 79.5 Å². The number of hydrogen-bond donors (Lipinski definition) is 1. The van der Waals surface area contributed by atoms with Gasteiger partial charge in [0.2, 0.25) is 10.0 Å². The molecular formula is C12H17ClN2O4S. The molecule has 8 heteroatoms. The summed E-state index contributed by atoms with van der Waals surface area (Å²) in [6.07, 6.45) is 3.06. The number of nitrogens with zero attached hydrogens (tertiary/aromatic N) is 1. The highest BCUT2D eigenvalue weighted by molar-refractivity contribution is 7.89. The van der Waals surface area contributed by atoms with Crippen LogP contribution < -0.4 is 5.56 Å². The number of hydrogen-bond acceptors (Lipinski definition) is 4. The van der Waals surface area contributed by atoms with E-state index in [1.165, 1.54) is 17.4 Å². The summed E-state index contributed by atoms with van der Waals surface area (Å²) in [5.41, 5.74) is -0.506. The quantitative estimate of drug-likeness (QED) is 0.900. The maximum Gasteiger partial charge on any atom is 0.266 e. The molecule has 2 rings (SSSR count). The lowest BCUT2D eigenvalue weighted by molar-refractivity contribution is 0.0495. The summed E-state index contributed by atoms with van der Waals surface area (Å²) in [7, 11) is -2.14. The second-order valence-corrected chi connectivity index (χ2v) is 7.33. The smallest absolute Gasteiger partial charge is 0.266 e. The highest BCUT2D eigenvalue weighted by atomic mass is 35.5. The predicted octanol–water partition coefficient (Wildman–Crippen LogP) is 1.08. The van der Waals surface area contributed by atoms with Gasteiger partial charge < -0.3 is 9.72 Å². The van der Waals surface area contributed by atoms with Crippen molar-refractivity contribution in [3.8, 4) is 0 Å². The lowest BCUT2D eigenvalue weighted by Gasteiger charge is -2.26. The van der Waals surface area contributed by atoms with Gasteiger partial charge in [0.05, 0.1) is 11.5 Å². The van der Waals surface area contributed by atoms with Crippen LogP contribution in [0.4, 0.5) is 0 Å².